The van der Waals surface area contributed by atoms with Crippen LogP contribution in [0.2, 0.25) is 0 Å². The quantitative estimate of drug-likeness (QED) is 0.584. The Hall–Kier alpha value is -3.14. The summed E-state index contributed by atoms with van der Waals surface area (Å²) in [5, 5.41) is 11.4. The first-order chi connectivity index (χ1) is 11.6. The Bertz CT molecular complexity index is 928. The Morgan fingerprint density at radius 2 is 1.67 bits per heavy atom. The van der Waals surface area contributed by atoms with E-state index < -0.39 is 5.97 Å². The van der Waals surface area contributed by atoms with E-state index in [0.717, 1.165) is 10.8 Å². The van der Waals surface area contributed by atoms with Crippen LogP contribution in [0.4, 0.5) is 0 Å². The minimum atomic E-state index is -0.472. The third-order valence-electron chi connectivity index (χ3n) is 3.77. The Kier molecular flexibility index (Phi) is 4.29. The van der Waals surface area contributed by atoms with Gasteiger partial charge in [-0.2, -0.15) is 0 Å². The first-order valence-electron chi connectivity index (χ1n) is 7.64. The highest BCUT2D eigenvalue weighted by Gasteiger charge is 2.18. The van der Waals surface area contributed by atoms with E-state index in [-0.39, 0.29) is 23.7 Å². The molecular formula is C20H16O4. The predicted molar refractivity (Wildman–Crippen MR) is 91.4 cm³/mol. The molecule has 4 heteroatoms. The van der Waals surface area contributed by atoms with Crippen molar-refractivity contribution in [3.8, 4) is 5.75 Å². The van der Waals surface area contributed by atoms with Crippen LogP contribution in [0.5, 0.6) is 5.75 Å². The average Bonchev–Trinajstić information content (AvgIpc) is 2.60. The van der Waals surface area contributed by atoms with Crippen LogP contribution >= 0.6 is 0 Å². The number of carbonyl (C=O) groups is 2. The minimum absolute atomic E-state index is 0.0895. The van der Waals surface area contributed by atoms with E-state index in [2.05, 4.69) is 0 Å². The number of benzene rings is 3. The molecule has 0 bridgehead atoms. The molecule has 0 aliphatic carbocycles. The van der Waals surface area contributed by atoms with E-state index in [4.69, 9.17) is 4.74 Å². The van der Waals surface area contributed by atoms with Gasteiger partial charge in [0.2, 0.25) is 0 Å². The fourth-order valence-electron chi connectivity index (χ4n) is 2.64. The lowest BCUT2D eigenvalue weighted by Crippen LogP contribution is -2.09. The molecule has 120 valence electrons. The van der Waals surface area contributed by atoms with Crippen molar-refractivity contribution in [2.75, 3.05) is 6.61 Å². The number of phenols is 1. The number of carbonyl (C=O) groups excluding carboxylic acids is 2. The second kappa shape index (κ2) is 6.54. The van der Waals surface area contributed by atoms with Crippen molar-refractivity contribution in [2.24, 2.45) is 0 Å². The summed E-state index contributed by atoms with van der Waals surface area (Å²) in [5.74, 6) is -0.904. The summed E-state index contributed by atoms with van der Waals surface area (Å²) in [4.78, 5) is 25.0. The molecule has 0 unspecified atom stereocenters. The number of hydrogen-bond acceptors (Lipinski definition) is 4. The highest BCUT2D eigenvalue weighted by Crippen LogP contribution is 2.26. The van der Waals surface area contributed by atoms with Crippen LogP contribution in [0, 0.1) is 0 Å². The van der Waals surface area contributed by atoms with Gasteiger partial charge in [-0.15, -0.1) is 0 Å². The lowest BCUT2D eigenvalue weighted by Gasteiger charge is -2.10. The van der Waals surface area contributed by atoms with Gasteiger partial charge in [-0.3, -0.25) is 4.79 Å². The van der Waals surface area contributed by atoms with E-state index in [1.54, 1.807) is 31.2 Å². The molecule has 1 N–H and O–H groups in total. The van der Waals surface area contributed by atoms with Crippen molar-refractivity contribution in [3.05, 3.63) is 77.4 Å². The van der Waals surface area contributed by atoms with Crippen LogP contribution in [0.25, 0.3) is 10.8 Å². The fraction of sp³-hybridized carbons (Fsp3) is 0.100. The normalized spacial score (nSPS) is 10.5. The van der Waals surface area contributed by atoms with Crippen LogP contribution in [-0.4, -0.2) is 23.5 Å². The molecule has 3 aromatic rings. The zero-order chi connectivity index (χ0) is 17.1. The van der Waals surface area contributed by atoms with Crippen molar-refractivity contribution in [3.63, 3.8) is 0 Å². The number of fused-ring (bicyclic) bond motifs is 1. The molecule has 0 amide bonds. The standard InChI is InChI=1S/C20H16O4/c1-2-24-20(23)17-12-14(11-13-7-3-4-8-15(13)17)19(22)16-9-5-6-10-18(16)21/h3-12,21H,2H2,1H3. The summed E-state index contributed by atoms with van der Waals surface area (Å²) in [7, 11) is 0. The molecule has 0 heterocycles. The molecule has 4 nitrogen and oxygen atoms in total. The summed E-state index contributed by atoms with van der Waals surface area (Å²) >= 11 is 0. The van der Waals surface area contributed by atoms with Crippen LogP contribution in [0.15, 0.2) is 60.7 Å². The van der Waals surface area contributed by atoms with Crippen LogP contribution in [-0.2, 0) is 4.74 Å². The Labute approximate surface area is 139 Å². The summed E-state index contributed by atoms with van der Waals surface area (Å²) in [6.07, 6.45) is 0. The zero-order valence-electron chi connectivity index (χ0n) is 13.2. The molecule has 0 aliphatic rings. The number of esters is 1. The second-order valence-electron chi connectivity index (χ2n) is 5.31. The molecule has 0 atom stereocenters. The topological polar surface area (TPSA) is 63.6 Å². The van der Waals surface area contributed by atoms with Gasteiger partial charge in [0.15, 0.2) is 5.78 Å². The number of ketones is 1. The zero-order valence-corrected chi connectivity index (χ0v) is 13.2. The van der Waals surface area contributed by atoms with Crippen molar-refractivity contribution < 1.29 is 19.4 Å². The van der Waals surface area contributed by atoms with Crippen molar-refractivity contribution in [2.45, 2.75) is 6.92 Å². The lowest BCUT2D eigenvalue weighted by molar-refractivity contribution is 0.0528. The summed E-state index contributed by atoms with van der Waals surface area (Å²) in [5.41, 5.74) is 0.870. The van der Waals surface area contributed by atoms with Crippen molar-refractivity contribution in [1.29, 1.82) is 0 Å². The number of rotatable bonds is 4. The molecule has 0 fully saturated rings. The first-order valence-corrected chi connectivity index (χ1v) is 7.64. The number of hydrogen-bond donors (Lipinski definition) is 1. The number of para-hydroxylation sites is 1. The van der Waals surface area contributed by atoms with E-state index in [9.17, 15) is 14.7 Å². The minimum Gasteiger partial charge on any atom is -0.507 e. The van der Waals surface area contributed by atoms with E-state index in [1.807, 2.05) is 24.3 Å². The number of aromatic hydroxyl groups is 1. The Morgan fingerprint density at radius 3 is 2.42 bits per heavy atom. The third kappa shape index (κ3) is 2.86. The Balaban J connectivity index is 2.17. The number of ether oxygens (including phenoxy) is 1. The molecule has 0 aromatic heterocycles. The molecule has 24 heavy (non-hydrogen) atoms. The van der Waals surface area contributed by atoms with E-state index in [1.165, 1.54) is 12.1 Å². The van der Waals surface area contributed by atoms with Gasteiger partial charge >= 0.3 is 5.97 Å². The maximum absolute atomic E-state index is 12.7. The smallest absolute Gasteiger partial charge is 0.338 e. The molecule has 0 saturated carbocycles. The highest BCUT2D eigenvalue weighted by molar-refractivity contribution is 6.15. The molecule has 0 radical (unpaired) electrons. The molecule has 0 aliphatic heterocycles. The van der Waals surface area contributed by atoms with Crippen LogP contribution in [0.1, 0.15) is 33.2 Å². The molecule has 0 saturated heterocycles. The van der Waals surface area contributed by atoms with E-state index in [0.29, 0.717) is 11.1 Å². The molecular weight excluding hydrogens is 304 g/mol. The highest BCUT2D eigenvalue weighted by atomic mass is 16.5. The third-order valence-corrected chi connectivity index (χ3v) is 3.77. The van der Waals surface area contributed by atoms with Gasteiger partial charge in [0, 0.05) is 5.56 Å². The lowest BCUT2D eigenvalue weighted by atomic mass is 9.96. The van der Waals surface area contributed by atoms with E-state index >= 15 is 0 Å². The maximum atomic E-state index is 12.7. The summed E-state index contributed by atoms with van der Waals surface area (Å²) in [6.45, 7) is 1.99. The van der Waals surface area contributed by atoms with Gasteiger partial charge in [-0.1, -0.05) is 36.4 Å². The Morgan fingerprint density at radius 1 is 0.958 bits per heavy atom. The van der Waals surface area contributed by atoms with Gasteiger partial charge in [-0.25, -0.2) is 4.79 Å². The molecule has 0 spiro atoms. The van der Waals surface area contributed by atoms with Crippen molar-refractivity contribution in [1.82, 2.24) is 0 Å². The molecule has 3 rings (SSSR count). The summed E-state index contributed by atoms with van der Waals surface area (Å²) in [6, 6.07) is 16.9. The van der Waals surface area contributed by atoms with Gasteiger partial charge in [0.05, 0.1) is 17.7 Å². The van der Waals surface area contributed by atoms with Gasteiger partial charge in [-0.05, 0) is 42.0 Å². The fourth-order valence-corrected chi connectivity index (χ4v) is 2.64. The van der Waals surface area contributed by atoms with Crippen LogP contribution in [0.3, 0.4) is 0 Å². The predicted octanol–water partition coefficient (Wildman–Crippen LogP) is 3.95. The number of phenolic OH excluding ortho intramolecular Hbond substituents is 1. The maximum Gasteiger partial charge on any atom is 0.338 e. The molecule has 3 aromatic carbocycles. The SMILES string of the molecule is CCOC(=O)c1cc(C(=O)c2ccccc2O)cc2ccccc12. The van der Waals surface area contributed by atoms with Crippen LogP contribution < -0.4 is 0 Å². The van der Waals surface area contributed by atoms with Gasteiger partial charge < -0.3 is 9.84 Å². The van der Waals surface area contributed by atoms with Gasteiger partial charge in [0.25, 0.3) is 0 Å². The van der Waals surface area contributed by atoms with Gasteiger partial charge in [0.1, 0.15) is 5.75 Å². The average molecular weight is 320 g/mol. The summed E-state index contributed by atoms with van der Waals surface area (Å²) < 4.78 is 5.10. The first kappa shape index (κ1) is 15.7. The monoisotopic (exact) mass is 320 g/mol. The van der Waals surface area contributed by atoms with Crippen molar-refractivity contribution >= 4 is 22.5 Å². The second-order valence-corrected chi connectivity index (χ2v) is 5.31. The largest absolute Gasteiger partial charge is 0.507 e.